The minimum atomic E-state index is -0.772. The van der Waals surface area contributed by atoms with Crippen LogP contribution >= 0.6 is 11.8 Å². The lowest BCUT2D eigenvalue weighted by molar-refractivity contribution is -0.143. The van der Waals surface area contributed by atoms with Gasteiger partial charge in [-0.2, -0.15) is 0 Å². The summed E-state index contributed by atoms with van der Waals surface area (Å²) in [5.41, 5.74) is 0.674. The monoisotopic (exact) mass is 537 g/mol. The Labute approximate surface area is 229 Å². The number of nitrogens with zero attached hydrogens (tertiary/aromatic N) is 1. The summed E-state index contributed by atoms with van der Waals surface area (Å²) in [4.78, 5) is 43.6. The van der Waals surface area contributed by atoms with Crippen molar-refractivity contribution in [1.29, 1.82) is 0 Å². The molecule has 38 heavy (non-hydrogen) atoms. The summed E-state index contributed by atoms with van der Waals surface area (Å²) in [6.45, 7) is 8.51. The first-order chi connectivity index (χ1) is 18.3. The molecule has 204 valence electrons. The zero-order valence-electron chi connectivity index (χ0n) is 22.6. The minimum Gasteiger partial charge on any atom is -0.394 e. The Morgan fingerprint density at radius 1 is 1.16 bits per heavy atom. The number of carbonyl (C=O) groups excluding carboxylic acids is 3. The highest BCUT2D eigenvalue weighted by molar-refractivity contribution is 8.02. The third-order valence-electron chi connectivity index (χ3n) is 9.15. The van der Waals surface area contributed by atoms with Gasteiger partial charge in [0, 0.05) is 17.5 Å². The Morgan fingerprint density at radius 2 is 1.89 bits per heavy atom. The summed E-state index contributed by atoms with van der Waals surface area (Å²) in [5, 5.41) is 18.7. The van der Waals surface area contributed by atoms with Gasteiger partial charge in [0.05, 0.1) is 29.2 Å². The fourth-order valence-electron chi connectivity index (χ4n) is 7.07. The van der Waals surface area contributed by atoms with Crippen LogP contribution in [0.1, 0.15) is 47.0 Å². The van der Waals surface area contributed by atoms with E-state index in [1.807, 2.05) is 63.2 Å². The molecule has 1 spiro atoms. The smallest absolute Gasteiger partial charge is 0.248 e. The van der Waals surface area contributed by atoms with E-state index in [1.54, 1.807) is 16.7 Å². The third-order valence-corrected chi connectivity index (χ3v) is 11.2. The Morgan fingerprint density at radius 3 is 2.58 bits per heavy atom. The summed E-state index contributed by atoms with van der Waals surface area (Å²) >= 11 is 1.67. The molecule has 2 bridgehead atoms. The molecule has 3 heterocycles. The second-order valence-electron chi connectivity index (χ2n) is 11.3. The van der Waals surface area contributed by atoms with E-state index in [0.717, 1.165) is 30.0 Å². The number of fused-ring (bicyclic) bond motifs is 2. The van der Waals surface area contributed by atoms with E-state index >= 15 is 0 Å². The maximum Gasteiger partial charge on any atom is 0.248 e. The molecule has 3 fully saturated rings. The average molecular weight is 538 g/mol. The van der Waals surface area contributed by atoms with E-state index in [2.05, 4.69) is 17.6 Å². The SMILES string of the molecule is CCCNC(=O)[C@@H]1[C@@H]2CC(C)C3(S2)C(C(=O)Nc2ccc4ccccc4c2)N([C@@H](CO)[C@@H](C)CC)C(=O)[C@H]13. The van der Waals surface area contributed by atoms with Gasteiger partial charge in [-0.3, -0.25) is 14.4 Å². The number of benzene rings is 2. The topological polar surface area (TPSA) is 98.7 Å². The number of carbonyl (C=O) groups is 3. The van der Waals surface area contributed by atoms with Crippen LogP contribution in [0.25, 0.3) is 10.8 Å². The highest BCUT2D eigenvalue weighted by atomic mass is 32.2. The number of nitrogens with one attached hydrogen (secondary N) is 2. The zero-order chi connectivity index (χ0) is 27.2. The van der Waals surface area contributed by atoms with Crippen LogP contribution in [-0.2, 0) is 14.4 Å². The van der Waals surface area contributed by atoms with Crippen LogP contribution in [0, 0.1) is 23.7 Å². The molecular formula is C30H39N3O4S. The highest BCUT2D eigenvalue weighted by Gasteiger charge is 2.76. The molecule has 3 aliphatic heterocycles. The van der Waals surface area contributed by atoms with E-state index in [4.69, 9.17) is 0 Å². The van der Waals surface area contributed by atoms with Crippen LogP contribution in [0.15, 0.2) is 42.5 Å². The quantitative estimate of drug-likeness (QED) is 0.448. The maximum absolute atomic E-state index is 14.3. The van der Waals surface area contributed by atoms with E-state index in [-0.39, 0.29) is 41.4 Å². The third kappa shape index (κ3) is 4.11. The van der Waals surface area contributed by atoms with Crippen LogP contribution in [0.2, 0.25) is 0 Å². The normalized spacial score (nSPS) is 31.3. The summed E-state index contributed by atoms with van der Waals surface area (Å²) in [6.07, 6.45) is 2.37. The van der Waals surface area contributed by atoms with Crippen molar-refractivity contribution < 1.29 is 19.5 Å². The van der Waals surface area contributed by atoms with Crippen LogP contribution in [0.5, 0.6) is 0 Å². The molecular weight excluding hydrogens is 498 g/mol. The molecule has 5 rings (SSSR count). The number of aliphatic hydroxyl groups is 1. The van der Waals surface area contributed by atoms with E-state index in [0.29, 0.717) is 12.2 Å². The van der Waals surface area contributed by atoms with E-state index in [9.17, 15) is 19.5 Å². The van der Waals surface area contributed by atoms with Crippen LogP contribution in [0.3, 0.4) is 0 Å². The number of aliphatic hydroxyl groups excluding tert-OH is 1. The van der Waals surface area contributed by atoms with Crippen molar-refractivity contribution in [1.82, 2.24) is 10.2 Å². The molecule has 8 heteroatoms. The first-order valence-corrected chi connectivity index (χ1v) is 14.8. The lowest BCUT2D eigenvalue weighted by Crippen LogP contribution is -2.58. The van der Waals surface area contributed by atoms with Gasteiger partial charge in [0.1, 0.15) is 6.04 Å². The number of hydrogen-bond donors (Lipinski definition) is 3. The Bertz CT molecular complexity index is 1240. The first-order valence-electron chi connectivity index (χ1n) is 14.0. The lowest BCUT2D eigenvalue weighted by atomic mass is 9.66. The van der Waals surface area contributed by atoms with Crippen molar-refractivity contribution >= 4 is 45.9 Å². The van der Waals surface area contributed by atoms with E-state index < -0.39 is 28.7 Å². The fourth-order valence-corrected chi connectivity index (χ4v) is 9.48. The van der Waals surface area contributed by atoms with Gasteiger partial charge in [-0.25, -0.2) is 0 Å². The molecule has 3 N–H and O–H groups in total. The molecule has 3 unspecified atom stereocenters. The lowest BCUT2D eigenvalue weighted by Gasteiger charge is -2.41. The van der Waals surface area contributed by atoms with Crippen molar-refractivity contribution in [2.75, 3.05) is 18.5 Å². The van der Waals surface area contributed by atoms with Crippen molar-refractivity contribution in [2.24, 2.45) is 23.7 Å². The number of amides is 3. The van der Waals surface area contributed by atoms with Gasteiger partial charge < -0.3 is 20.6 Å². The number of thioether (sulfide) groups is 1. The van der Waals surface area contributed by atoms with Gasteiger partial charge in [-0.1, -0.05) is 64.4 Å². The fraction of sp³-hybridized carbons (Fsp3) is 0.567. The summed E-state index contributed by atoms with van der Waals surface area (Å²) in [5.74, 6) is -1.46. The van der Waals surface area contributed by atoms with Crippen molar-refractivity contribution in [2.45, 2.75) is 69.0 Å². The standard InChI is InChI=1S/C30H39N3O4S/c1-5-13-31-27(35)24-23-14-18(4)30(38-23)25(24)29(37)33(22(16-34)17(3)6-2)26(30)28(36)32-21-12-11-19-9-7-8-10-20(19)15-21/h7-12,15,17-18,22-26,34H,5-6,13-14,16H2,1-4H3,(H,31,35)(H,32,36)/t17-,18?,22-,23-,24+,25-,26?,30?/m0/s1. The Balaban J connectivity index is 1.56. The Kier molecular flexibility index (Phi) is 7.48. The molecule has 3 amide bonds. The second-order valence-corrected chi connectivity index (χ2v) is 12.8. The van der Waals surface area contributed by atoms with Crippen LogP contribution in [-0.4, -0.2) is 63.0 Å². The molecule has 0 aromatic heterocycles. The van der Waals surface area contributed by atoms with E-state index in [1.165, 1.54) is 0 Å². The molecule has 0 aliphatic carbocycles. The highest BCUT2D eigenvalue weighted by Crippen LogP contribution is 2.69. The van der Waals surface area contributed by atoms with Crippen molar-refractivity contribution in [3.8, 4) is 0 Å². The molecule has 2 aromatic carbocycles. The van der Waals surface area contributed by atoms with Crippen molar-refractivity contribution in [3.05, 3.63) is 42.5 Å². The summed E-state index contributed by atoms with van der Waals surface area (Å²) in [7, 11) is 0. The second kappa shape index (κ2) is 10.5. The van der Waals surface area contributed by atoms with Gasteiger partial charge >= 0.3 is 0 Å². The molecule has 0 saturated carbocycles. The summed E-state index contributed by atoms with van der Waals surface area (Å²) < 4.78 is -0.711. The van der Waals surface area contributed by atoms with Gasteiger partial charge in [0.25, 0.3) is 0 Å². The molecule has 7 nitrogen and oxygen atoms in total. The van der Waals surface area contributed by atoms with Crippen LogP contribution < -0.4 is 10.6 Å². The number of likely N-dealkylation sites (tertiary alicyclic amines) is 1. The number of hydrogen-bond acceptors (Lipinski definition) is 5. The Hall–Kier alpha value is -2.58. The van der Waals surface area contributed by atoms with Gasteiger partial charge in [-0.15, -0.1) is 11.8 Å². The van der Waals surface area contributed by atoms with Gasteiger partial charge in [0.2, 0.25) is 17.7 Å². The predicted octanol–water partition coefficient (Wildman–Crippen LogP) is 4.05. The average Bonchev–Trinajstić information content (AvgIpc) is 3.51. The molecule has 0 radical (unpaired) electrons. The van der Waals surface area contributed by atoms with Gasteiger partial charge in [0.15, 0.2) is 0 Å². The maximum atomic E-state index is 14.3. The first kappa shape index (κ1) is 27.0. The van der Waals surface area contributed by atoms with Crippen molar-refractivity contribution in [3.63, 3.8) is 0 Å². The minimum absolute atomic E-state index is 0.0000180. The number of anilines is 1. The van der Waals surface area contributed by atoms with Gasteiger partial charge in [-0.05, 0) is 47.6 Å². The molecule has 8 atom stereocenters. The molecule has 2 aromatic rings. The largest absolute Gasteiger partial charge is 0.394 e. The van der Waals surface area contributed by atoms with Crippen LogP contribution in [0.4, 0.5) is 5.69 Å². The molecule has 3 aliphatic rings. The summed E-state index contributed by atoms with van der Waals surface area (Å²) in [6, 6.07) is 12.5. The predicted molar refractivity (Wildman–Crippen MR) is 152 cm³/mol. The number of rotatable bonds is 9. The molecule has 3 saturated heterocycles. The zero-order valence-corrected chi connectivity index (χ0v) is 23.5.